The van der Waals surface area contributed by atoms with Crippen molar-refractivity contribution in [3.05, 3.63) is 35.4 Å². The number of hydrogen-bond acceptors (Lipinski definition) is 5. The van der Waals surface area contributed by atoms with Gasteiger partial charge in [0.1, 0.15) is 6.04 Å². The zero-order chi connectivity index (χ0) is 18.8. The maximum Gasteiger partial charge on any atom is 0.329 e. The summed E-state index contributed by atoms with van der Waals surface area (Å²) in [7, 11) is 0. The van der Waals surface area contributed by atoms with E-state index in [1.54, 1.807) is 29.2 Å². The standard InChI is InChI=1S/C19H22N2O5/c1-12-6-5-9-20(10-12)16(22)11-26-19(25)13(2)21-17(23)14-7-3-4-8-15(14)18(21)24/h3-4,7-8,12-13H,5-6,9-11H2,1-2H3/t12-,13-/m1/s1. The molecule has 0 N–H and O–H groups in total. The van der Waals surface area contributed by atoms with E-state index in [2.05, 4.69) is 6.92 Å². The van der Waals surface area contributed by atoms with Gasteiger partial charge in [0.05, 0.1) is 11.1 Å². The molecule has 1 aromatic carbocycles. The molecule has 26 heavy (non-hydrogen) atoms. The summed E-state index contributed by atoms with van der Waals surface area (Å²) in [6.45, 7) is 4.45. The third-order valence-electron chi connectivity index (χ3n) is 4.90. The van der Waals surface area contributed by atoms with E-state index in [1.165, 1.54) is 6.92 Å². The second-order valence-electron chi connectivity index (χ2n) is 6.90. The Morgan fingerprint density at radius 2 is 1.81 bits per heavy atom. The fourth-order valence-corrected chi connectivity index (χ4v) is 3.43. The highest BCUT2D eigenvalue weighted by Gasteiger charge is 2.41. The molecule has 0 aromatic heterocycles. The number of amides is 3. The van der Waals surface area contributed by atoms with Crippen LogP contribution in [0.25, 0.3) is 0 Å². The summed E-state index contributed by atoms with van der Waals surface area (Å²) in [5.41, 5.74) is 0.547. The summed E-state index contributed by atoms with van der Waals surface area (Å²) in [4.78, 5) is 51.9. The van der Waals surface area contributed by atoms with Crippen molar-refractivity contribution in [3.8, 4) is 0 Å². The van der Waals surface area contributed by atoms with Crippen LogP contribution in [0, 0.1) is 5.92 Å². The molecule has 0 bridgehead atoms. The molecule has 2 atom stereocenters. The van der Waals surface area contributed by atoms with Gasteiger partial charge >= 0.3 is 5.97 Å². The number of fused-ring (bicyclic) bond motifs is 1. The predicted octanol–water partition coefficient (Wildman–Crippen LogP) is 1.47. The number of nitrogens with zero attached hydrogens (tertiary/aromatic N) is 2. The molecule has 1 fully saturated rings. The average Bonchev–Trinajstić information content (AvgIpc) is 2.90. The van der Waals surface area contributed by atoms with Gasteiger partial charge in [0.2, 0.25) is 0 Å². The van der Waals surface area contributed by atoms with Crippen LogP contribution in [0.3, 0.4) is 0 Å². The van der Waals surface area contributed by atoms with Gasteiger partial charge in [0.25, 0.3) is 17.7 Å². The molecule has 0 unspecified atom stereocenters. The maximum atomic E-state index is 12.4. The Kier molecular flexibility index (Phi) is 5.06. The molecule has 0 saturated carbocycles. The molecule has 0 spiro atoms. The minimum Gasteiger partial charge on any atom is -0.454 e. The maximum absolute atomic E-state index is 12.4. The summed E-state index contributed by atoms with van der Waals surface area (Å²) in [6, 6.07) is 5.34. The number of likely N-dealkylation sites (tertiary alicyclic amines) is 1. The molecule has 2 aliphatic rings. The Morgan fingerprint density at radius 3 is 2.38 bits per heavy atom. The van der Waals surface area contributed by atoms with E-state index in [1.807, 2.05) is 0 Å². The van der Waals surface area contributed by atoms with Crippen molar-refractivity contribution in [3.63, 3.8) is 0 Å². The van der Waals surface area contributed by atoms with Gasteiger partial charge < -0.3 is 9.64 Å². The van der Waals surface area contributed by atoms with Crippen LogP contribution in [0.2, 0.25) is 0 Å². The number of ether oxygens (including phenoxy) is 1. The third kappa shape index (κ3) is 3.34. The predicted molar refractivity (Wildman–Crippen MR) is 92.3 cm³/mol. The van der Waals surface area contributed by atoms with E-state index in [-0.39, 0.29) is 23.6 Å². The molecule has 2 aliphatic heterocycles. The fraction of sp³-hybridized carbons (Fsp3) is 0.474. The molecule has 0 radical (unpaired) electrons. The van der Waals surface area contributed by atoms with Gasteiger partial charge in [-0.15, -0.1) is 0 Å². The molecule has 7 nitrogen and oxygen atoms in total. The van der Waals surface area contributed by atoms with Crippen LogP contribution in [0.5, 0.6) is 0 Å². The second-order valence-corrected chi connectivity index (χ2v) is 6.90. The molecule has 2 heterocycles. The monoisotopic (exact) mass is 358 g/mol. The van der Waals surface area contributed by atoms with E-state index in [9.17, 15) is 19.2 Å². The van der Waals surface area contributed by atoms with Crippen molar-refractivity contribution in [1.82, 2.24) is 9.80 Å². The lowest BCUT2D eigenvalue weighted by molar-refractivity contribution is -0.155. The van der Waals surface area contributed by atoms with Crippen molar-refractivity contribution < 1.29 is 23.9 Å². The number of piperidine rings is 1. The Hall–Kier alpha value is -2.70. The number of esters is 1. The van der Waals surface area contributed by atoms with Crippen LogP contribution in [0.15, 0.2) is 24.3 Å². The van der Waals surface area contributed by atoms with E-state index in [0.717, 1.165) is 17.7 Å². The lowest BCUT2D eigenvalue weighted by atomic mass is 10.0. The number of benzene rings is 1. The van der Waals surface area contributed by atoms with Crippen LogP contribution in [-0.4, -0.2) is 59.2 Å². The average molecular weight is 358 g/mol. The van der Waals surface area contributed by atoms with Gasteiger partial charge in [-0.25, -0.2) is 4.79 Å². The summed E-state index contributed by atoms with van der Waals surface area (Å²) < 4.78 is 5.09. The van der Waals surface area contributed by atoms with Crippen LogP contribution in [-0.2, 0) is 14.3 Å². The lowest BCUT2D eigenvalue weighted by Crippen LogP contribution is -2.45. The van der Waals surface area contributed by atoms with Gasteiger partial charge in [-0.2, -0.15) is 0 Å². The largest absolute Gasteiger partial charge is 0.454 e. The van der Waals surface area contributed by atoms with E-state index >= 15 is 0 Å². The molecule has 1 aromatic rings. The van der Waals surface area contributed by atoms with Gasteiger partial charge in [0.15, 0.2) is 6.61 Å². The summed E-state index contributed by atoms with van der Waals surface area (Å²) >= 11 is 0. The van der Waals surface area contributed by atoms with Gasteiger partial charge in [-0.3, -0.25) is 19.3 Å². The number of imide groups is 1. The first-order valence-corrected chi connectivity index (χ1v) is 8.81. The first kappa shape index (κ1) is 18.1. The summed E-state index contributed by atoms with van der Waals surface area (Å²) in [5, 5.41) is 0. The van der Waals surface area contributed by atoms with Crippen LogP contribution < -0.4 is 0 Å². The molecule has 1 saturated heterocycles. The van der Waals surface area contributed by atoms with Crippen molar-refractivity contribution in [2.45, 2.75) is 32.7 Å². The van der Waals surface area contributed by atoms with Crippen molar-refractivity contribution in [2.24, 2.45) is 5.92 Å². The minimum absolute atomic E-state index is 0.250. The first-order chi connectivity index (χ1) is 12.4. The van der Waals surface area contributed by atoms with Crippen molar-refractivity contribution >= 4 is 23.7 Å². The zero-order valence-corrected chi connectivity index (χ0v) is 14.9. The van der Waals surface area contributed by atoms with Crippen molar-refractivity contribution in [2.75, 3.05) is 19.7 Å². The highest BCUT2D eigenvalue weighted by atomic mass is 16.5. The molecular formula is C19H22N2O5. The Bertz CT molecular complexity index is 725. The number of carbonyl (C=O) groups is 4. The SMILES string of the molecule is C[C@@H]1CCCN(C(=O)COC(=O)[C@@H](C)N2C(=O)c3ccccc3C2=O)C1. The van der Waals surface area contributed by atoms with E-state index < -0.39 is 23.8 Å². The number of carbonyl (C=O) groups excluding carboxylic acids is 4. The van der Waals surface area contributed by atoms with Crippen LogP contribution in [0.4, 0.5) is 0 Å². The topological polar surface area (TPSA) is 84.0 Å². The number of rotatable bonds is 4. The smallest absolute Gasteiger partial charge is 0.329 e. The minimum atomic E-state index is -1.09. The molecule has 0 aliphatic carbocycles. The quantitative estimate of drug-likeness (QED) is 0.601. The Balaban J connectivity index is 1.59. The van der Waals surface area contributed by atoms with Gasteiger partial charge in [-0.05, 0) is 37.8 Å². The second kappa shape index (κ2) is 7.27. The van der Waals surface area contributed by atoms with Gasteiger partial charge in [-0.1, -0.05) is 19.1 Å². The highest BCUT2D eigenvalue weighted by molar-refractivity contribution is 6.22. The summed E-state index contributed by atoms with van der Waals surface area (Å²) in [5.74, 6) is -1.63. The van der Waals surface area contributed by atoms with E-state index in [0.29, 0.717) is 19.0 Å². The zero-order valence-electron chi connectivity index (χ0n) is 14.9. The molecular weight excluding hydrogens is 336 g/mol. The summed E-state index contributed by atoms with van der Waals surface area (Å²) in [6.07, 6.45) is 2.02. The van der Waals surface area contributed by atoms with Crippen LogP contribution in [0.1, 0.15) is 47.4 Å². The normalized spacial score (nSPS) is 20.8. The highest BCUT2D eigenvalue weighted by Crippen LogP contribution is 2.24. The Labute approximate surface area is 151 Å². The number of hydrogen-bond donors (Lipinski definition) is 0. The molecule has 138 valence electrons. The van der Waals surface area contributed by atoms with E-state index in [4.69, 9.17) is 4.74 Å². The molecule has 3 rings (SSSR count). The van der Waals surface area contributed by atoms with Crippen molar-refractivity contribution in [1.29, 1.82) is 0 Å². The fourth-order valence-electron chi connectivity index (χ4n) is 3.43. The first-order valence-electron chi connectivity index (χ1n) is 8.81. The molecule has 7 heteroatoms. The van der Waals surface area contributed by atoms with Gasteiger partial charge in [0, 0.05) is 13.1 Å². The van der Waals surface area contributed by atoms with Crippen LogP contribution >= 0.6 is 0 Å². The third-order valence-corrected chi connectivity index (χ3v) is 4.90. The lowest BCUT2D eigenvalue weighted by Gasteiger charge is -2.31. The Morgan fingerprint density at radius 1 is 1.19 bits per heavy atom. The molecule has 3 amide bonds.